The largest absolute Gasteiger partial charge is 0.462 e. The van der Waals surface area contributed by atoms with Crippen molar-refractivity contribution in [2.75, 3.05) is 13.1 Å². The standard InChI is InChI=1S/C9H12BrNO2/c10-8-1-2-9(13-8)12-7-3-5-11-6-4-7/h1-2,7,11H,3-6H2. The van der Waals surface area contributed by atoms with E-state index in [0.717, 1.165) is 30.6 Å². The minimum atomic E-state index is 0.305. The molecule has 0 unspecified atom stereocenters. The fourth-order valence-electron chi connectivity index (χ4n) is 1.44. The van der Waals surface area contributed by atoms with Crippen LogP contribution in [0.3, 0.4) is 0 Å². The summed E-state index contributed by atoms with van der Waals surface area (Å²) < 4.78 is 11.6. The lowest BCUT2D eigenvalue weighted by molar-refractivity contribution is 0.125. The van der Waals surface area contributed by atoms with Crippen LogP contribution >= 0.6 is 15.9 Å². The number of furan rings is 1. The molecule has 4 heteroatoms. The minimum Gasteiger partial charge on any atom is -0.462 e. The fraction of sp³-hybridized carbons (Fsp3) is 0.556. The van der Waals surface area contributed by atoms with Crippen molar-refractivity contribution in [3.05, 3.63) is 16.8 Å². The highest BCUT2D eigenvalue weighted by Gasteiger charge is 2.15. The lowest BCUT2D eigenvalue weighted by Gasteiger charge is -2.22. The van der Waals surface area contributed by atoms with Gasteiger partial charge in [-0.2, -0.15) is 0 Å². The van der Waals surface area contributed by atoms with Gasteiger partial charge in [0, 0.05) is 6.07 Å². The van der Waals surface area contributed by atoms with Crippen molar-refractivity contribution in [2.24, 2.45) is 0 Å². The zero-order valence-corrected chi connectivity index (χ0v) is 8.84. The van der Waals surface area contributed by atoms with Gasteiger partial charge in [-0.15, -0.1) is 0 Å². The summed E-state index contributed by atoms with van der Waals surface area (Å²) in [6, 6.07) is 3.68. The van der Waals surface area contributed by atoms with Gasteiger partial charge in [-0.25, -0.2) is 0 Å². The summed E-state index contributed by atoms with van der Waals surface area (Å²) in [4.78, 5) is 0. The van der Waals surface area contributed by atoms with Crippen LogP contribution in [-0.2, 0) is 0 Å². The Bertz CT molecular complexity index is 268. The van der Waals surface area contributed by atoms with E-state index in [4.69, 9.17) is 9.15 Å². The van der Waals surface area contributed by atoms with E-state index in [0.29, 0.717) is 12.1 Å². The highest BCUT2D eigenvalue weighted by atomic mass is 79.9. The molecule has 72 valence electrons. The second-order valence-corrected chi connectivity index (χ2v) is 3.91. The van der Waals surface area contributed by atoms with Crippen molar-refractivity contribution in [3.8, 4) is 5.95 Å². The van der Waals surface area contributed by atoms with Gasteiger partial charge in [0.1, 0.15) is 6.10 Å². The Labute approximate surface area is 85.6 Å². The summed E-state index contributed by atoms with van der Waals surface area (Å²) in [5, 5.41) is 3.29. The highest BCUT2D eigenvalue weighted by molar-refractivity contribution is 9.10. The van der Waals surface area contributed by atoms with E-state index in [9.17, 15) is 0 Å². The van der Waals surface area contributed by atoms with E-state index in [2.05, 4.69) is 21.2 Å². The molecule has 2 rings (SSSR count). The number of rotatable bonds is 2. The lowest BCUT2D eigenvalue weighted by atomic mass is 10.1. The summed E-state index contributed by atoms with van der Waals surface area (Å²) in [5.74, 6) is 0.610. The van der Waals surface area contributed by atoms with Crippen molar-refractivity contribution >= 4 is 15.9 Å². The first-order valence-electron chi connectivity index (χ1n) is 4.47. The van der Waals surface area contributed by atoms with Crippen LogP contribution in [0, 0.1) is 0 Å². The monoisotopic (exact) mass is 245 g/mol. The number of piperidine rings is 1. The third-order valence-corrected chi connectivity index (χ3v) is 2.54. The van der Waals surface area contributed by atoms with E-state index in [-0.39, 0.29) is 0 Å². The summed E-state index contributed by atoms with van der Waals surface area (Å²) in [5.41, 5.74) is 0. The number of hydrogen-bond donors (Lipinski definition) is 1. The van der Waals surface area contributed by atoms with Crippen LogP contribution in [0.1, 0.15) is 12.8 Å². The quantitative estimate of drug-likeness (QED) is 0.868. The van der Waals surface area contributed by atoms with Gasteiger partial charge in [0.25, 0.3) is 5.95 Å². The van der Waals surface area contributed by atoms with Gasteiger partial charge in [0.2, 0.25) is 0 Å². The molecular weight excluding hydrogens is 234 g/mol. The molecule has 0 aliphatic carbocycles. The molecule has 1 aromatic rings. The zero-order chi connectivity index (χ0) is 9.10. The van der Waals surface area contributed by atoms with Crippen LogP contribution in [0.4, 0.5) is 0 Å². The molecule has 3 nitrogen and oxygen atoms in total. The molecule has 0 amide bonds. The second-order valence-electron chi connectivity index (χ2n) is 3.13. The second kappa shape index (κ2) is 4.15. The Morgan fingerprint density at radius 3 is 2.77 bits per heavy atom. The molecule has 1 aliphatic rings. The molecule has 1 N–H and O–H groups in total. The van der Waals surface area contributed by atoms with Gasteiger partial charge >= 0.3 is 0 Å². The molecule has 0 radical (unpaired) electrons. The van der Waals surface area contributed by atoms with E-state index in [1.165, 1.54) is 0 Å². The van der Waals surface area contributed by atoms with Gasteiger partial charge in [0.15, 0.2) is 4.67 Å². The number of nitrogens with one attached hydrogen (secondary N) is 1. The van der Waals surface area contributed by atoms with Crippen LogP contribution in [0.15, 0.2) is 21.2 Å². The Morgan fingerprint density at radius 2 is 2.15 bits per heavy atom. The maximum Gasteiger partial charge on any atom is 0.285 e. The average Bonchev–Trinajstić information content (AvgIpc) is 2.53. The van der Waals surface area contributed by atoms with E-state index >= 15 is 0 Å². The molecule has 0 atom stereocenters. The summed E-state index contributed by atoms with van der Waals surface area (Å²) in [7, 11) is 0. The predicted octanol–water partition coefficient (Wildman–Crippen LogP) is 2.17. The topological polar surface area (TPSA) is 34.4 Å². The van der Waals surface area contributed by atoms with Gasteiger partial charge < -0.3 is 14.5 Å². The molecule has 13 heavy (non-hydrogen) atoms. The molecule has 1 fully saturated rings. The first-order valence-corrected chi connectivity index (χ1v) is 5.26. The third kappa shape index (κ3) is 2.48. The molecule has 0 saturated carbocycles. The third-order valence-electron chi connectivity index (χ3n) is 2.12. The van der Waals surface area contributed by atoms with Crippen LogP contribution in [-0.4, -0.2) is 19.2 Å². The van der Waals surface area contributed by atoms with Gasteiger partial charge in [-0.05, 0) is 47.9 Å². The Morgan fingerprint density at radius 1 is 1.38 bits per heavy atom. The number of halogens is 1. The lowest BCUT2D eigenvalue weighted by Crippen LogP contribution is -2.34. The van der Waals surface area contributed by atoms with Crippen molar-refractivity contribution in [1.82, 2.24) is 5.32 Å². The predicted molar refractivity (Wildman–Crippen MR) is 52.9 cm³/mol. The first-order chi connectivity index (χ1) is 6.34. The fourth-order valence-corrected chi connectivity index (χ4v) is 1.73. The van der Waals surface area contributed by atoms with Crippen molar-refractivity contribution < 1.29 is 9.15 Å². The maximum absolute atomic E-state index is 5.64. The smallest absolute Gasteiger partial charge is 0.285 e. The van der Waals surface area contributed by atoms with Gasteiger partial charge in [-0.1, -0.05) is 0 Å². The van der Waals surface area contributed by atoms with E-state index in [1.54, 1.807) is 0 Å². The average molecular weight is 246 g/mol. The van der Waals surface area contributed by atoms with Crippen LogP contribution in [0.2, 0.25) is 0 Å². The Hall–Kier alpha value is -0.480. The minimum absolute atomic E-state index is 0.305. The molecule has 2 heterocycles. The highest BCUT2D eigenvalue weighted by Crippen LogP contribution is 2.23. The van der Waals surface area contributed by atoms with Crippen LogP contribution in [0.5, 0.6) is 5.95 Å². The Balaban J connectivity index is 1.89. The SMILES string of the molecule is Brc1ccc(OC2CCNCC2)o1. The molecular formula is C9H12BrNO2. The van der Waals surface area contributed by atoms with Gasteiger partial charge in [-0.3, -0.25) is 0 Å². The normalized spacial score (nSPS) is 18.8. The van der Waals surface area contributed by atoms with E-state index < -0.39 is 0 Å². The maximum atomic E-state index is 5.64. The van der Waals surface area contributed by atoms with Crippen molar-refractivity contribution in [1.29, 1.82) is 0 Å². The van der Waals surface area contributed by atoms with Gasteiger partial charge in [0.05, 0.1) is 0 Å². The molecule has 0 aromatic carbocycles. The van der Waals surface area contributed by atoms with Crippen LogP contribution in [0.25, 0.3) is 0 Å². The number of ether oxygens (including phenoxy) is 1. The summed E-state index contributed by atoms with van der Waals surface area (Å²) >= 11 is 3.24. The molecule has 1 aliphatic heterocycles. The van der Waals surface area contributed by atoms with Crippen molar-refractivity contribution in [3.63, 3.8) is 0 Å². The summed E-state index contributed by atoms with van der Waals surface area (Å²) in [6.07, 6.45) is 2.41. The zero-order valence-electron chi connectivity index (χ0n) is 7.25. The van der Waals surface area contributed by atoms with E-state index in [1.807, 2.05) is 12.1 Å². The molecule has 1 aromatic heterocycles. The molecule has 0 spiro atoms. The number of hydrogen-bond acceptors (Lipinski definition) is 3. The van der Waals surface area contributed by atoms with Crippen molar-refractivity contribution in [2.45, 2.75) is 18.9 Å². The molecule has 0 bridgehead atoms. The first kappa shape index (κ1) is 9.09. The Kier molecular flexibility index (Phi) is 2.90. The molecule has 1 saturated heterocycles. The summed E-state index contributed by atoms with van der Waals surface area (Å²) in [6.45, 7) is 2.07. The van der Waals surface area contributed by atoms with Crippen LogP contribution < -0.4 is 10.1 Å².